The first kappa shape index (κ1) is 13.2. The van der Waals surface area contributed by atoms with Gasteiger partial charge in [-0.1, -0.05) is 23.4 Å². The minimum absolute atomic E-state index is 0.251. The normalized spacial score (nSPS) is 10.7. The van der Waals surface area contributed by atoms with Crippen molar-refractivity contribution in [3.05, 3.63) is 41.7 Å². The molecule has 0 saturated heterocycles. The first-order chi connectivity index (χ1) is 9.06. The van der Waals surface area contributed by atoms with Crippen LogP contribution in [0.2, 0.25) is 0 Å². The number of benzene rings is 1. The second-order valence-electron chi connectivity index (χ2n) is 4.63. The van der Waals surface area contributed by atoms with Crippen molar-refractivity contribution >= 4 is 11.6 Å². The van der Waals surface area contributed by atoms with Crippen molar-refractivity contribution in [1.82, 2.24) is 19.9 Å². The summed E-state index contributed by atoms with van der Waals surface area (Å²) < 4.78 is 1.50. The van der Waals surface area contributed by atoms with E-state index in [-0.39, 0.29) is 5.91 Å². The predicted octanol–water partition coefficient (Wildman–Crippen LogP) is 1.13. The fraction of sp³-hybridized carbons (Fsp3) is 0.308. The van der Waals surface area contributed by atoms with Gasteiger partial charge in [-0.25, -0.2) is 0 Å². The summed E-state index contributed by atoms with van der Waals surface area (Å²) in [7, 11) is 5.70. The number of nitrogens with one attached hydrogen (secondary N) is 1. The van der Waals surface area contributed by atoms with Gasteiger partial charge in [-0.3, -0.25) is 9.48 Å². The molecular formula is C13H17N5O. The molecule has 0 fully saturated rings. The van der Waals surface area contributed by atoms with Gasteiger partial charge in [-0.2, -0.15) is 0 Å². The average molecular weight is 259 g/mol. The van der Waals surface area contributed by atoms with Crippen LogP contribution in [0.3, 0.4) is 0 Å². The van der Waals surface area contributed by atoms with Crippen molar-refractivity contribution in [2.45, 2.75) is 6.54 Å². The standard InChI is InChI=1S/C13H17N5O/c1-17(2)8-10-6-4-5-7-11(10)14-13(19)12-9-18(3)16-15-12/h4-7,9H,8H2,1-3H3,(H,14,19). The molecule has 0 aliphatic carbocycles. The van der Waals surface area contributed by atoms with Crippen LogP contribution in [0.15, 0.2) is 30.5 Å². The molecule has 1 N–H and O–H groups in total. The summed E-state index contributed by atoms with van der Waals surface area (Å²) in [5.74, 6) is -0.251. The highest BCUT2D eigenvalue weighted by Crippen LogP contribution is 2.17. The maximum atomic E-state index is 12.0. The van der Waals surface area contributed by atoms with Crippen molar-refractivity contribution < 1.29 is 4.79 Å². The first-order valence-electron chi connectivity index (χ1n) is 5.96. The van der Waals surface area contributed by atoms with Gasteiger partial charge in [0.2, 0.25) is 0 Å². The molecule has 1 heterocycles. The summed E-state index contributed by atoms with van der Waals surface area (Å²) in [6, 6.07) is 7.72. The number of anilines is 1. The largest absolute Gasteiger partial charge is 0.320 e. The number of aromatic nitrogens is 3. The highest BCUT2D eigenvalue weighted by molar-refractivity contribution is 6.03. The van der Waals surface area contributed by atoms with E-state index in [1.54, 1.807) is 13.2 Å². The van der Waals surface area contributed by atoms with Gasteiger partial charge in [0.1, 0.15) is 0 Å². The van der Waals surface area contributed by atoms with Crippen molar-refractivity contribution in [3.63, 3.8) is 0 Å². The summed E-state index contributed by atoms with van der Waals surface area (Å²) in [5, 5.41) is 10.4. The Kier molecular flexibility index (Phi) is 3.91. The summed E-state index contributed by atoms with van der Waals surface area (Å²) in [6.45, 7) is 0.761. The fourth-order valence-corrected chi connectivity index (χ4v) is 1.76. The lowest BCUT2D eigenvalue weighted by Crippen LogP contribution is -2.17. The Labute approximate surface area is 112 Å². The molecule has 0 radical (unpaired) electrons. The van der Waals surface area contributed by atoms with E-state index in [0.717, 1.165) is 17.8 Å². The molecule has 1 amide bonds. The van der Waals surface area contributed by atoms with Gasteiger partial charge in [0.25, 0.3) is 5.91 Å². The Hall–Kier alpha value is -2.21. The van der Waals surface area contributed by atoms with Gasteiger partial charge in [-0.05, 0) is 25.7 Å². The molecule has 0 bridgehead atoms. The number of nitrogens with zero attached hydrogens (tertiary/aromatic N) is 4. The lowest BCUT2D eigenvalue weighted by atomic mass is 10.1. The molecule has 1 aromatic heterocycles. The maximum Gasteiger partial charge on any atom is 0.277 e. The molecule has 100 valence electrons. The first-order valence-corrected chi connectivity index (χ1v) is 5.96. The molecule has 19 heavy (non-hydrogen) atoms. The van der Waals surface area contributed by atoms with Crippen molar-refractivity contribution in [3.8, 4) is 0 Å². The van der Waals surface area contributed by atoms with Crippen LogP contribution < -0.4 is 5.32 Å². The molecule has 0 aliphatic rings. The molecule has 1 aromatic carbocycles. The molecule has 2 rings (SSSR count). The van der Waals surface area contributed by atoms with Crippen molar-refractivity contribution in [1.29, 1.82) is 0 Å². The third-order valence-electron chi connectivity index (χ3n) is 2.59. The SMILES string of the molecule is CN(C)Cc1ccccc1NC(=O)c1cn(C)nn1. The van der Waals surface area contributed by atoms with Crippen LogP contribution in [0.1, 0.15) is 16.1 Å². The Morgan fingerprint density at radius 1 is 1.37 bits per heavy atom. The molecule has 2 aromatic rings. The van der Waals surface area contributed by atoms with Crippen LogP contribution in [-0.4, -0.2) is 39.9 Å². The van der Waals surface area contributed by atoms with E-state index in [1.807, 2.05) is 43.3 Å². The zero-order chi connectivity index (χ0) is 13.8. The van der Waals surface area contributed by atoms with E-state index in [0.29, 0.717) is 5.69 Å². The third-order valence-corrected chi connectivity index (χ3v) is 2.59. The Morgan fingerprint density at radius 3 is 2.74 bits per heavy atom. The summed E-state index contributed by atoms with van der Waals surface area (Å²) in [5.41, 5.74) is 2.17. The zero-order valence-corrected chi connectivity index (χ0v) is 11.3. The van der Waals surface area contributed by atoms with Crippen LogP contribution in [0.5, 0.6) is 0 Å². The highest BCUT2D eigenvalue weighted by atomic mass is 16.2. The number of hydrogen-bond donors (Lipinski definition) is 1. The summed E-state index contributed by atoms with van der Waals surface area (Å²) in [6.07, 6.45) is 1.59. The second kappa shape index (κ2) is 5.62. The number of carbonyl (C=O) groups excluding carboxylic acids is 1. The lowest BCUT2D eigenvalue weighted by molar-refractivity contribution is 0.102. The zero-order valence-electron chi connectivity index (χ0n) is 11.3. The highest BCUT2D eigenvalue weighted by Gasteiger charge is 2.12. The van der Waals surface area contributed by atoms with Crippen LogP contribution in [0.25, 0.3) is 0 Å². The smallest absolute Gasteiger partial charge is 0.277 e. The van der Waals surface area contributed by atoms with Crippen LogP contribution in [0, 0.1) is 0 Å². The molecule has 0 atom stereocenters. The van der Waals surface area contributed by atoms with Crippen LogP contribution in [-0.2, 0) is 13.6 Å². The van der Waals surface area contributed by atoms with Gasteiger partial charge in [0.05, 0.1) is 6.20 Å². The van der Waals surface area contributed by atoms with Gasteiger partial charge in [0, 0.05) is 19.3 Å². The van der Waals surface area contributed by atoms with Gasteiger partial charge in [0.15, 0.2) is 5.69 Å². The monoisotopic (exact) mass is 259 g/mol. The van der Waals surface area contributed by atoms with Gasteiger partial charge < -0.3 is 10.2 Å². The predicted molar refractivity (Wildman–Crippen MR) is 72.8 cm³/mol. The lowest BCUT2D eigenvalue weighted by Gasteiger charge is -2.14. The van der Waals surface area contributed by atoms with Crippen molar-refractivity contribution in [2.24, 2.45) is 7.05 Å². The van der Waals surface area contributed by atoms with E-state index in [9.17, 15) is 4.79 Å². The molecule has 0 saturated carbocycles. The number of aryl methyl sites for hydroxylation is 1. The molecular weight excluding hydrogens is 242 g/mol. The number of hydrogen-bond acceptors (Lipinski definition) is 4. The number of rotatable bonds is 4. The Balaban J connectivity index is 2.16. The van der Waals surface area contributed by atoms with Gasteiger partial charge >= 0.3 is 0 Å². The number of para-hydroxylation sites is 1. The van der Waals surface area contributed by atoms with E-state index < -0.39 is 0 Å². The maximum absolute atomic E-state index is 12.0. The fourth-order valence-electron chi connectivity index (χ4n) is 1.76. The van der Waals surface area contributed by atoms with E-state index in [2.05, 4.69) is 15.6 Å². The summed E-state index contributed by atoms with van der Waals surface area (Å²) >= 11 is 0. The van der Waals surface area contributed by atoms with Crippen LogP contribution >= 0.6 is 0 Å². The van der Waals surface area contributed by atoms with E-state index in [1.165, 1.54) is 4.68 Å². The third kappa shape index (κ3) is 3.38. The minimum atomic E-state index is -0.251. The molecule has 6 nitrogen and oxygen atoms in total. The number of amides is 1. The molecule has 6 heteroatoms. The topological polar surface area (TPSA) is 63.1 Å². The van der Waals surface area contributed by atoms with Crippen molar-refractivity contribution in [2.75, 3.05) is 19.4 Å². The van der Waals surface area contributed by atoms with E-state index >= 15 is 0 Å². The average Bonchev–Trinajstić information content (AvgIpc) is 2.78. The minimum Gasteiger partial charge on any atom is -0.320 e. The molecule has 0 unspecified atom stereocenters. The molecule has 0 spiro atoms. The quantitative estimate of drug-likeness (QED) is 0.894. The summed E-state index contributed by atoms with van der Waals surface area (Å²) in [4.78, 5) is 14.1. The number of carbonyl (C=O) groups is 1. The van der Waals surface area contributed by atoms with Crippen LogP contribution in [0.4, 0.5) is 5.69 Å². The Bertz CT molecular complexity index is 576. The molecule has 0 aliphatic heterocycles. The van der Waals surface area contributed by atoms with E-state index in [4.69, 9.17) is 0 Å². The van der Waals surface area contributed by atoms with Gasteiger partial charge in [-0.15, -0.1) is 5.10 Å². The second-order valence-corrected chi connectivity index (χ2v) is 4.63. The Morgan fingerprint density at radius 2 is 2.11 bits per heavy atom.